The molecular weight excluding hydrogens is 398 g/mol. The van der Waals surface area contributed by atoms with Crippen LogP contribution in [0.5, 0.6) is 11.5 Å². The number of benzene rings is 1. The van der Waals surface area contributed by atoms with Crippen LogP contribution < -0.4 is 15.2 Å². The normalized spacial score (nSPS) is 16.7. The smallest absolute Gasteiger partial charge is 0.255 e. The number of rotatable bonds is 8. The van der Waals surface area contributed by atoms with E-state index in [0.717, 1.165) is 42.1 Å². The first-order valence-corrected chi connectivity index (χ1v) is 10.00. The van der Waals surface area contributed by atoms with Gasteiger partial charge < -0.3 is 19.9 Å². The zero-order valence-corrected chi connectivity index (χ0v) is 17.3. The molecular formula is C22H25N5O4. The fourth-order valence-electron chi connectivity index (χ4n) is 3.53. The average molecular weight is 423 g/mol. The molecule has 2 aromatic heterocycles. The Kier molecular flexibility index (Phi) is 6.44. The molecule has 0 radical (unpaired) electrons. The molecule has 9 nitrogen and oxygen atoms in total. The maximum absolute atomic E-state index is 11.0. The van der Waals surface area contributed by atoms with Crippen LogP contribution in [-0.4, -0.2) is 59.4 Å². The van der Waals surface area contributed by atoms with Crippen LogP contribution in [0.15, 0.2) is 48.8 Å². The number of nitrogens with one attached hydrogen (secondary N) is 1. The summed E-state index contributed by atoms with van der Waals surface area (Å²) < 4.78 is 16.8. The van der Waals surface area contributed by atoms with Gasteiger partial charge in [-0.15, -0.1) is 0 Å². The lowest BCUT2D eigenvalue weighted by atomic mass is 10.1. The highest BCUT2D eigenvalue weighted by molar-refractivity contribution is 5.75. The van der Waals surface area contributed by atoms with Gasteiger partial charge in [-0.3, -0.25) is 19.8 Å². The highest BCUT2D eigenvalue weighted by Gasteiger charge is 2.23. The van der Waals surface area contributed by atoms with Crippen LogP contribution in [0.3, 0.4) is 0 Å². The van der Waals surface area contributed by atoms with Gasteiger partial charge in [0, 0.05) is 37.6 Å². The largest absolute Gasteiger partial charge is 0.493 e. The lowest BCUT2D eigenvalue weighted by Gasteiger charge is -2.32. The van der Waals surface area contributed by atoms with E-state index >= 15 is 0 Å². The summed E-state index contributed by atoms with van der Waals surface area (Å²) >= 11 is 0. The highest BCUT2D eigenvalue weighted by atomic mass is 16.5. The third-order valence-electron chi connectivity index (χ3n) is 5.08. The van der Waals surface area contributed by atoms with Crippen LogP contribution >= 0.6 is 0 Å². The van der Waals surface area contributed by atoms with Crippen molar-refractivity contribution in [3.05, 3.63) is 60.0 Å². The number of H-pyrrole nitrogens is 1. The van der Waals surface area contributed by atoms with Crippen molar-refractivity contribution in [3.8, 4) is 22.8 Å². The number of morpholine rings is 1. The Hall–Kier alpha value is -3.43. The van der Waals surface area contributed by atoms with Crippen LogP contribution in [0.2, 0.25) is 0 Å². The van der Waals surface area contributed by atoms with Gasteiger partial charge in [0.05, 0.1) is 25.1 Å². The van der Waals surface area contributed by atoms with Crippen molar-refractivity contribution in [3.63, 3.8) is 0 Å². The zero-order valence-electron chi connectivity index (χ0n) is 17.3. The van der Waals surface area contributed by atoms with Crippen LogP contribution in [0, 0.1) is 0 Å². The molecule has 1 aliphatic heterocycles. The number of primary amides is 1. The van der Waals surface area contributed by atoms with Gasteiger partial charge in [0.1, 0.15) is 6.10 Å². The Labute approximate surface area is 180 Å². The molecule has 1 fully saturated rings. The topological polar surface area (TPSA) is 116 Å². The summed E-state index contributed by atoms with van der Waals surface area (Å²) in [6.07, 6.45) is 3.46. The van der Waals surface area contributed by atoms with Crippen LogP contribution in [0.1, 0.15) is 17.4 Å². The number of pyridine rings is 1. The van der Waals surface area contributed by atoms with Gasteiger partial charge in [0.2, 0.25) is 0 Å². The molecule has 1 unspecified atom stereocenters. The number of aromatic nitrogens is 3. The lowest BCUT2D eigenvalue weighted by Crippen LogP contribution is -2.38. The Morgan fingerprint density at radius 1 is 1.29 bits per heavy atom. The van der Waals surface area contributed by atoms with Gasteiger partial charge in [-0.1, -0.05) is 6.07 Å². The van der Waals surface area contributed by atoms with Gasteiger partial charge >= 0.3 is 0 Å². The van der Waals surface area contributed by atoms with Crippen molar-refractivity contribution in [2.75, 3.05) is 33.4 Å². The van der Waals surface area contributed by atoms with Crippen molar-refractivity contribution in [2.45, 2.75) is 12.6 Å². The lowest BCUT2D eigenvalue weighted by molar-refractivity contribution is -0.119. The molecule has 4 rings (SSSR count). The zero-order chi connectivity index (χ0) is 21.6. The number of ether oxygens (including phenoxy) is 3. The molecule has 1 aromatic carbocycles. The number of methoxy groups -OCH3 is 1. The molecule has 9 heteroatoms. The molecule has 31 heavy (non-hydrogen) atoms. The molecule has 0 aliphatic carbocycles. The minimum atomic E-state index is -0.531. The van der Waals surface area contributed by atoms with Gasteiger partial charge in [-0.2, -0.15) is 5.10 Å². The third kappa shape index (κ3) is 5.19. The van der Waals surface area contributed by atoms with E-state index in [2.05, 4.69) is 20.1 Å². The number of carbonyl (C=O) groups is 1. The first-order chi connectivity index (χ1) is 15.1. The first-order valence-electron chi connectivity index (χ1n) is 10.00. The number of hydrogen-bond donors (Lipinski definition) is 2. The Bertz CT molecular complexity index is 1010. The molecule has 162 valence electrons. The number of nitrogens with two attached hydrogens (primary N) is 1. The van der Waals surface area contributed by atoms with Crippen LogP contribution in [0.25, 0.3) is 11.3 Å². The molecule has 1 atom stereocenters. The molecule has 3 aromatic rings. The fourth-order valence-corrected chi connectivity index (χ4v) is 3.53. The van der Waals surface area contributed by atoms with E-state index in [9.17, 15) is 4.79 Å². The number of nitrogens with zero attached hydrogens (tertiary/aromatic N) is 3. The van der Waals surface area contributed by atoms with E-state index in [4.69, 9.17) is 19.9 Å². The van der Waals surface area contributed by atoms with Gasteiger partial charge in [-0.05, 0) is 35.9 Å². The van der Waals surface area contributed by atoms with E-state index in [-0.39, 0.29) is 12.7 Å². The predicted octanol–water partition coefficient (Wildman–Crippen LogP) is 1.92. The van der Waals surface area contributed by atoms with Gasteiger partial charge in [0.15, 0.2) is 18.1 Å². The Balaban J connectivity index is 1.40. The first kappa shape index (κ1) is 20.8. The van der Waals surface area contributed by atoms with Gasteiger partial charge in [0.25, 0.3) is 5.91 Å². The van der Waals surface area contributed by atoms with E-state index in [1.165, 1.54) is 0 Å². The van der Waals surface area contributed by atoms with Crippen molar-refractivity contribution >= 4 is 5.91 Å². The van der Waals surface area contributed by atoms with Crippen molar-refractivity contribution < 1.29 is 19.0 Å². The summed E-state index contributed by atoms with van der Waals surface area (Å²) in [5.41, 5.74) is 9.04. The maximum Gasteiger partial charge on any atom is 0.255 e. The Morgan fingerprint density at radius 2 is 2.19 bits per heavy atom. The predicted molar refractivity (Wildman–Crippen MR) is 113 cm³/mol. The standard InChI is InChI=1S/C22H25N5O4/c1-29-20-10-15(2-5-19(20)31-14-22(23)28)12-27-8-9-30-21(13-27)18-4-3-16(11-24-18)17-6-7-25-26-17/h2-7,10-11,21H,8-9,12-14H2,1H3,(H2,23,28)(H,25,26). The molecule has 1 saturated heterocycles. The summed E-state index contributed by atoms with van der Waals surface area (Å²) in [7, 11) is 1.57. The van der Waals surface area contributed by atoms with E-state index in [0.29, 0.717) is 18.1 Å². The van der Waals surface area contributed by atoms with E-state index in [1.807, 2.05) is 36.5 Å². The fraction of sp³-hybridized carbons (Fsp3) is 0.318. The maximum atomic E-state index is 11.0. The van der Waals surface area contributed by atoms with Crippen molar-refractivity contribution in [1.29, 1.82) is 0 Å². The molecule has 0 saturated carbocycles. The second-order valence-electron chi connectivity index (χ2n) is 7.28. The summed E-state index contributed by atoms with van der Waals surface area (Å²) in [4.78, 5) is 17.9. The van der Waals surface area contributed by atoms with E-state index in [1.54, 1.807) is 19.4 Å². The van der Waals surface area contributed by atoms with Crippen LogP contribution in [0.4, 0.5) is 0 Å². The second-order valence-corrected chi connectivity index (χ2v) is 7.28. The average Bonchev–Trinajstić information content (AvgIpc) is 3.33. The summed E-state index contributed by atoms with van der Waals surface area (Å²) in [5.74, 6) is 0.530. The Morgan fingerprint density at radius 3 is 2.90 bits per heavy atom. The highest BCUT2D eigenvalue weighted by Crippen LogP contribution is 2.29. The molecule has 1 aliphatic rings. The van der Waals surface area contributed by atoms with Crippen LogP contribution in [-0.2, 0) is 16.1 Å². The molecule has 1 amide bonds. The summed E-state index contributed by atoms with van der Waals surface area (Å²) in [6.45, 7) is 2.74. The summed E-state index contributed by atoms with van der Waals surface area (Å²) in [6, 6.07) is 11.6. The van der Waals surface area contributed by atoms with E-state index < -0.39 is 5.91 Å². The quantitative estimate of drug-likeness (QED) is 0.569. The second kappa shape index (κ2) is 9.59. The number of amides is 1. The number of hydrogen-bond acceptors (Lipinski definition) is 7. The SMILES string of the molecule is COc1cc(CN2CCOC(c3ccc(-c4ccn[nH]4)cn3)C2)ccc1OCC(N)=O. The number of carbonyl (C=O) groups excluding carboxylic acids is 1. The number of aromatic amines is 1. The third-order valence-corrected chi connectivity index (χ3v) is 5.08. The summed E-state index contributed by atoms with van der Waals surface area (Å²) in [5, 5.41) is 6.92. The monoisotopic (exact) mass is 423 g/mol. The minimum absolute atomic E-state index is 0.0929. The molecule has 3 N–H and O–H groups in total. The van der Waals surface area contributed by atoms with Crippen molar-refractivity contribution in [1.82, 2.24) is 20.1 Å². The molecule has 0 bridgehead atoms. The van der Waals surface area contributed by atoms with Gasteiger partial charge in [-0.25, -0.2) is 0 Å². The molecule has 3 heterocycles. The minimum Gasteiger partial charge on any atom is -0.493 e. The molecule has 0 spiro atoms. The van der Waals surface area contributed by atoms with Crippen molar-refractivity contribution in [2.24, 2.45) is 5.73 Å².